The van der Waals surface area contributed by atoms with Crippen molar-refractivity contribution in [3.05, 3.63) is 70.3 Å². The summed E-state index contributed by atoms with van der Waals surface area (Å²) < 4.78 is 0. The fourth-order valence-corrected chi connectivity index (χ4v) is 2.55. The number of hydrogen-bond donors (Lipinski definition) is 1. The molecule has 6 nitrogen and oxygen atoms in total. The Morgan fingerprint density at radius 2 is 1.83 bits per heavy atom. The Balaban J connectivity index is 2.18. The molecule has 0 saturated heterocycles. The maximum atomic E-state index is 12.2. The summed E-state index contributed by atoms with van der Waals surface area (Å²) in [4.78, 5) is 22.5. The molecule has 0 aliphatic heterocycles. The zero-order valence-electron chi connectivity index (χ0n) is 17.4. The van der Waals surface area contributed by atoms with Gasteiger partial charge < -0.3 is 15.0 Å². The number of carbonyl (C=O) groups excluding carboxylic acids is 1. The molecule has 1 N–H and O–H groups in total. The number of rotatable bonds is 6. The Hall–Kier alpha value is -3.59. The van der Waals surface area contributed by atoms with E-state index in [0.717, 1.165) is 16.7 Å². The van der Waals surface area contributed by atoms with Crippen molar-refractivity contribution in [1.82, 2.24) is 5.32 Å². The molecule has 0 aromatic heterocycles. The quantitative estimate of drug-likeness (QED) is 0.466. The molecule has 29 heavy (non-hydrogen) atoms. The van der Waals surface area contributed by atoms with E-state index in [0.29, 0.717) is 11.3 Å². The Bertz CT molecular complexity index is 981. The van der Waals surface area contributed by atoms with E-state index in [1.165, 1.54) is 12.7 Å². The van der Waals surface area contributed by atoms with Crippen LogP contribution in [0.1, 0.15) is 34.7 Å². The number of aryl methyl sites for hydroxylation is 2. The highest BCUT2D eigenvalue weighted by atomic mass is 16.6. The molecule has 2 rings (SSSR count). The molecule has 0 heterocycles. The summed E-state index contributed by atoms with van der Waals surface area (Å²) in [5, 5.41) is 10.5. The first kappa shape index (κ1) is 21.7. The van der Waals surface area contributed by atoms with Gasteiger partial charge in [-0.2, -0.15) is 0 Å². The van der Waals surface area contributed by atoms with Gasteiger partial charge in [0.2, 0.25) is 0 Å². The van der Waals surface area contributed by atoms with Crippen molar-refractivity contribution in [3.8, 4) is 11.8 Å². The number of nitrogens with one attached hydrogen (secondary N) is 1. The molecule has 0 radical (unpaired) electrons. The van der Waals surface area contributed by atoms with Gasteiger partial charge in [0.05, 0.1) is 0 Å². The second-order valence-electron chi connectivity index (χ2n) is 6.37. The van der Waals surface area contributed by atoms with Crippen LogP contribution < -0.4 is 5.32 Å². The smallest absolute Gasteiger partial charge is 0.273 e. The Kier molecular flexibility index (Phi) is 7.99. The highest BCUT2D eigenvalue weighted by Gasteiger charge is 2.19. The summed E-state index contributed by atoms with van der Waals surface area (Å²) in [7, 11) is 2.94. The third-order valence-corrected chi connectivity index (χ3v) is 4.14. The minimum Gasteiger partial charge on any atom is -0.398 e. The van der Waals surface area contributed by atoms with E-state index in [1.807, 2.05) is 50.2 Å². The van der Waals surface area contributed by atoms with Crippen LogP contribution in [0.15, 0.2) is 52.8 Å². The van der Waals surface area contributed by atoms with E-state index in [2.05, 4.69) is 27.5 Å². The predicted molar refractivity (Wildman–Crippen MR) is 115 cm³/mol. The molecular weight excluding hydrogens is 366 g/mol. The lowest BCUT2D eigenvalue weighted by Gasteiger charge is -2.12. The molecule has 2 aromatic carbocycles. The Labute approximate surface area is 171 Å². The molecule has 2 aromatic rings. The molecule has 6 heteroatoms. The number of oxime groups is 2. The molecule has 0 fully saturated rings. The predicted octanol–water partition coefficient (Wildman–Crippen LogP) is 3.34. The standard InChI is InChI=1S/C23H25N3O3/c1-16-9-12-19(13-10-16)14-11-18(3)25-29-15-21-17(2)7-6-8-20(21)22(26-28-5)23(27)24-4/h6-10,12-13H,15H2,1-5H3,(H,24,27)/b25-18+,26-22+. The van der Waals surface area contributed by atoms with Crippen LogP contribution >= 0.6 is 0 Å². The van der Waals surface area contributed by atoms with E-state index >= 15 is 0 Å². The highest BCUT2D eigenvalue weighted by Crippen LogP contribution is 2.17. The van der Waals surface area contributed by atoms with Gasteiger partial charge >= 0.3 is 0 Å². The molecular formula is C23H25N3O3. The zero-order chi connectivity index (χ0) is 21.2. The van der Waals surface area contributed by atoms with Crippen molar-refractivity contribution in [2.45, 2.75) is 27.4 Å². The topological polar surface area (TPSA) is 72.3 Å². The largest absolute Gasteiger partial charge is 0.398 e. The van der Waals surface area contributed by atoms with Crippen molar-refractivity contribution in [2.24, 2.45) is 10.3 Å². The zero-order valence-corrected chi connectivity index (χ0v) is 17.4. The van der Waals surface area contributed by atoms with Crippen LogP contribution in [-0.2, 0) is 21.1 Å². The molecule has 0 saturated carbocycles. The molecule has 0 bridgehead atoms. The highest BCUT2D eigenvalue weighted by molar-refractivity contribution is 6.45. The maximum absolute atomic E-state index is 12.2. The minimum absolute atomic E-state index is 0.172. The fourth-order valence-electron chi connectivity index (χ4n) is 2.55. The molecule has 0 aliphatic rings. The van der Waals surface area contributed by atoms with Crippen molar-refractivity contribution < 1.29 is 14.5 Å². The fraction of sp³-hybridized carbons (Fsp3) is 0.261. The van der Waals surface area contributed by atoms with Gasteiger partial charge in [0.15, 0.2) is 5.71 Å². The summed E-state index contributed by atoms with van der Waals surface area (Å²) in [6.07, 6.45) is 0. The van der Waals surface area contributed by atoms with Crippen LogP contribution in [0, 0.1) is 25.7 Å². The van der Waals surface area contributed by atoms with Crippen LogP contribution in [0.2, 0.25) is 0 Å². The number of benzene rings is 2. The lowest BCUT2D eigenvalue weighted by atomic mass is 9.98. The second kappa shape index (κ2) is 10.7. The number of likely N-dealkylation sites (N-methyl/N-ethyl adjacent to an activating group) is 1. The van der Waals surface area contributed by atoms with E-state index < -0.39 is 0 Å². The summed E-state index contributed by atoms with van der Waals surface area (Å²) >= 11 is 0. The van der Waals surface area contributed by atoms with Crippen LogP contribution in [0.25, 0.3) is 0 Å². The van der Waals surface area contributed by atoms with Gasteiger partial charge in [-0.15, -0.1) is 0 Å². The second-order valence-corrected chi connectivity index (χ2v) is 6.37. The summed E-state index contributed by atoms with van der Waals surface area (Å²) in [5.41, 5.74) is 5.22. The van der Waals surface area contributed by atoms with Gasteiger partial charge in [-0.1, -0.05) is 52.1 Å². The van der Waals surface area contributed by atoms with Gasteiger partial charge in [0.1, 0.15) is 19.4 Å². The average Bonchev–Trinajstić information content (AvgIpc) is 2.72. The normalized spacial score (nSPS) is 11.3. The van der Waals surface area contributed by atoms with Crippen molar-refractivity contribution in [3.63, 3.8) is 0 Å². The summed E-state index contributed by atoms with van der Waals surface area (Å²) in [5.74, 6) is 5.68. The average molecular weight is 391 g/mol. The lowest BCUT2D eigenvalue weighted by molar-refractivity contribution is -0.114. The van der Waals surface area contributed by atoms with Crippen LogP contribution in [-0.4, -0.2) is 31.5 Å². The molecule has 0 aliphatic carbocycles. The minimum atomic E-state index is -0.345. The molecule has 0 atom stereocenters. The van der Waals surface area contributed by atoms with Crippen molar-refractivity contribution in [1.29, 1.82) is 0 Å². The van der Waals surface area contributed by atoms with Gasteiger partial charge in [0.25, 0.3) is 5.91 Å². The van der Waals surface area contributed by atoms with E-state index in [9.17, 15) is 4.79 Å². The van der Waals surface area contributed by atoms with Crippen LogP contribution in [0.5, 0.6) is 0 Å². The number of amides is 1. The van der Waals surface area contributed by atoms with Gasteiger partial charge in [-0.25, -0.2) is 0 Å². The van der Waals surface area contributed by atoms with Crippen LogP contribution in [0.4, 0.5) is 0 Å². The van der Waals surface area contributed by atoms with Gasteiger partial charge in [-0.3, -0.25) is 4.79 Å². The first-order chi connectivity index (χ1) is 14.0. The molecule has 150 valence electrons. The Morgan fingerprint density at radius 1 is 1.10 bits per heavy atom. The number of hydrogen-bond acceptors (Lipinski definition) is 5. The maximum Gasteiger partial charge on any atom is 0.273 e. The SMILES string of the molecule is CNC(=O)/C(=N/OC)c1cccc(C)c1CO/N=C(\C)C#Cc1ccc(C)cc1. The van der Waals surface area contributed by atoms with E-state index in [-0.39, 0.29) is 18.2 Å². The molecule has 1 amide bonds. The van der Waals surface area contributed by atoms with Gasteiger partial charge in [-0.05, 0) is 44.4 Å². The van der Waals surface area contributed by atoms with E-state index in [4.69, 9.17) is 9.68 Å². The number of carbonyl (C=O) groups is 1. The number of nitrogens with zero attached hydrogens (tertiary/aromatic N) is 2. The first-order valence-corrected chi connectivity index (χ1v) is 9.13. The van der Waals surface area contributed by atoms with Crippen molar-refractivity contribution in [2.75, 3.05) is 14.2 Å². The molecule has 0 unspecified atom stereocenters. The lowest BCUT2D eigenvalue weighted by Crippen LogP contribution is -2.29. The van der Waals surface area contributed by atoms with Crippen molar-refractivity contribution >= 4 is 17.3 Å². The first-order valence-electron chi connectivity index (χ1n) is 9.13. The molecule has 0 spiro atoms. The Morgan fingerprint density at radius 3 is 2.48 bits per heavy atom. The third-order valence-electron chi connectivity index (χ3n) is 4.14. The monoisotopic (exact) mass is 391 g/mol. The van der Waals surface area contributed by atoms with Crippen LogP contribution in [0.3, 0.4) is 0 Å². The third kappa shape index (κ3) is 6.22. The summed E-state index contributed by atoms with van der Waals surface area (Å²) in [6, 6.07) is 13.5. The summed E-state index contributed by atoms with van der Waals surface area (Å²) in [6.45, 7) is 5.92. The van der Waals surface area contributed by atoms with E-state index in [1.54, 1.807) is 20.0 Å². The van der Waals surface area contributed by atoms with Gasteiger partial charge in [0, 0.05) is 23.7 Å².